The Hall–Kier alpha value is -7.68. The van der Waals surface area contributed by atoms with E-state index < -0.39 is 5.41 Å². The van der Waals surface area contributed by atoms with E-state index in [0.29, 0.717) is 0 Å². The number of aryl methyl sites for hydroxylation is 4. The SMILES string of the molecule is Cc1cc(C)cc(N(c2ccccc2)c2ccc3cc4c(cc3c2)C2(c3ccccc3-c3ccccc32)c2cc3cc(N(c5ccccc5)c5cc(C)cc(C)c5)ccc3cc2-4)c1. The minimum atomic E-state index is -0.494. The maximum absolute atomic E-state index is 2.52. The first-order valence-corrected chi connectivity index (χ1v) is 22.1. The molecule has 300 valence electrons. The molecular formula is C61H46N2. The highest BCUT2D eigenvalue weighted by molar-refractivity contribution is 6.04. The number of para-hydroxylation sites is 2. The van der Waals surface area contributed by atoms with Crippen molar-refractivity contribution in [3.63, 3.8) is 0 Å². The summed E-state index contributed by atoms with van der Waals surface area (Å²) in [5.41, 5.74) is 22.0. The van der Waals surface area contributed by atoms with E-state index in [1.165, 1.54) is 88.3 Å². The van der Waals surface area contributed by atoms with Crippen molar-refractivity contribution in [3.8, 4) is 22.3 Å². The van der Waals surface area contributed by atoms with Crippen LogP contribution in [-0.2, 0) is 5.41 Å². The third-order valence-electron chi connectivity index (χ3n) is 13.4. The summed E-state index contributed by atoms with van der Waals surface area (Å²) in [6.07, 6.45) is 0. The van der Waals surface area contributed by atoms with Crippen LogP contribution >= 0.6 is 0 Å². The van der Waals surface area contributed by atoms with E-state index in [-0.39, 0.29) is 0 Å². The van der Waals surface area contributed by atoms with Gasteiger partial charge in [-0.05, 0) is 213 Å². The van der Waals surface area contributed by atoms with Crippen LogP contribution in [0.25, 0.3) is 43.8 Å². The van der Waals surface area contributed by atoms with Gasteiger partial charge in [0, 0.05) is 34.1 Å². The molecule has 0 bridgehead atoms. The summed E-state index contributed by atoms with van der Waals surface area (Å²) >= 11 is 0. The van der Waals surface area contributed by atoms with Gasteiger partial charge in [0.05, 0.1) is 5.41 Å². The summed E-state index contributed by atoms with van der Waals surface area (Å²) in [5, 5.41) is 4.92. The van der Waals surface area contributed by atoms with Gasteiger partial charge in [-0.2, -0.15) is 0 Å². The zero-order valence-electron chi connectivity index (χ0n) is 36.0. The summed E-state index contributed by atoms with van der Waals surface area (Å²) in [6.45, 7) is 8.75. The Bertz CT molecular complexity index is 3180. The van der Waals surface area contributed by atoms with Gasteiger partial charge in [-0.15, -0.1) is 0 Å². The minimum Gasteiger partial charge on any atom is -0.310 e. The van der Waals surface area contributed by atoms with Crippen molar-refractivity contribution in [2.45, 2.75) is 33.1 Å². The molecule has 10 aromatic rings. The molecule has 0 saturated heterocycles. The number of fused-ring (bicyclic) bond motifs is 12. The number of benzene rings is 10. The highest BCUT2D eigenvalue weighted by Crippen LogP contribution is 2.64. The van der Waals surface area contributed by atoms with Crippen LogP contribution in [0.1, 0.15) is 44.5 Å². The molecule has 0 aromatic heterocycles. The lowest BCUT2D eigenvalue weighted by Crippen LogP contribution is -2.25. The van der Waals surface area contributed by atoms with Gasteiger partial charge >= 0.3 is 0 Å². The van der Waals surface area contributed by atoms with Gasteiger partial charge < -0.3 is 9.80 Å². The molecule has 12 rings (SSSR count). The Labute approximate surface area is 370 Å². The van der Waals surface area contributed by atoms with Crippen LogP contribution in [0, 0.1) is 27.7 Å². The molecule has 0 saturated carbocycles. The summed E-state index contributed by atoms with van der Waals surface area (Å²) in [4.78, 5) is 4.80. The van der Waals surface area contributed by atoms with Crippen molar-refractivity contribution in [2.75, 3.05) is 9.80 Å². The van der Waals surface area contributed by atoms with Gasteiger partial charge in [0.25, 0.3) is 0 Å². The fourth-order valence-corrected chi connectivity index (χ4v) is 11.1. The molecule has 2 aliphatic carbocycles. The molecule has 0 atom stereocenters. The van der Waals surface area contributed by atoms with E-state index in [4.69, 9.17) is 0 Å². The molecule has 2 nitrogen and oxygen atoms in total. The maximum Gasteiger partial charge on any atom is 0.0725 e. The molecule has 0 heterocycles. The zero-order chi connectivity index (χ0) is 42.4. The molecule has 63 heavy (non-hydrogen) atoms. The average Bonchev–Trinajstić information content (AvgIpc) is 3.74. The number of anilines is 6. The maximum atomic E-state index is 2.52. The van der Waals surface area contributed by atoms with Crippen LogP contribution in [0.3, 0.4) is 0 Å². The van der Waals surface area contributed by atoms with Gasteiger partial charge in [-0.1, -0.05) is 109 Å². The summed E-state index contributed by atoms with van der Waals surface area (Å²) in [5.74, 6) is 0. The van der Waals surface area contributed by atoms with Gasteiger partial charge in [0.1, 0.15) is 0 Å². The number of rotatable bonds is 6. The molecule has 0 radical (unpaired) electrons. The summed E-state index contributed by atoms with van der Waals surface area (Å²) < 4.78 is 0. The third-order valence-corrected chi connectivity index (χ3v) is 13.4. The molecule has 2 heteroatoms. The average molecular weight is 807 g/mol. The first-order chi connectivity index (χ1) is 30.8. The Morgan fingerprint density at radius 1 is 0.254 bits per heavy atom. The fraction of sp³-hybridized carbons (Fsp3) is 0.0820. The topological polar surface area (TPSA) is 6.48 Å². The second-order valence-corrected chi connectivity index (χ2v) is 17.7. The summed E-state index contributed by atoms with van der Waals surface area (Å²) in [6, 6.07) is 77.5. The Balaban J connectivity index is 1.10. The number of hydrogen-bond donors (Lipinski definition) is 0. The van der Waals surface area contributed by atoms with Crippen molar-refractivity contribution >= 4 is 55.7 Å². The van der Waals surface area contributed by atoms with Gasteiger partial charge in [-0.3, -0.25) is 0 Å². The van der Waals surface area contributed by atoms with Crippen LogP contribution in [0.2, 0.25) is 0 Å². The predicted molar refractivity (Wildman–Crippen MR) is 266 cm³/mol. The van der Waals surface area contributed by atoms with E-state index in [2.05, 4.69) is 244 Å². The first kappa shape index (κ1) is 37.1. The van der Waals surface area contributed by atoms with E-state index in [1.807, 2.05) is 0 Å². The van der Waals surface area contributed by atoms with Crippen molar-refractivity contribution in [1.29, 1.82) is 0 Å². The molecule has 0 aliphatic heterocycles. The molecule has 0 amide bonds. The quantitative estimate of drug-likeness (QED) is 0.165. The van der Waals surface area contributed by atoms with Crippen molar-refractivity contribution in [3.05, 3.63) is 251 Å². The second-order valence-electron chi connectivity index (χ2n) is 17.7. The fourth-order valence-electron chi connectivity index (χ4n) is 11.1. The first-order valence-electron chi connectivity index (χ1n) is 22.1. The molecule has 0 fully saturated rings. The monoisotopic (exact) mass is 806 g/mol. The van der Waals surface area contributed by atoms with Crippen LogP contribution in [0.5, 0.6) is 0 Å². The van der Waals surface area contributed by atoms with Crippen LogP contribution in [0.15, 0.2) is 206 Å². The second kappa shape index (κ2) is 14.2. The lowest BCUT2D eigenvalue weighted by molar-refractivity contribution is 0.796. The van der Waals surface area contributed by atoms with Crippen molar-refractivity contribution in [2.24, 2.45) is 0 Å². The largest absolute Gasteiger partial charge is 0.310 e. The molecule has 10 aromatic carbocycles. The Kier molecular flexibility index (Phi) is 8.36. The van der Waals surface area contributed by atoms with E-state index in [9.17, 15) is 0 Å². The third kappa shape index (κ3) is 5.79. The zero-order valence-corrected chi connectivity index (χ0v) is 36.0. The van der Waals surface area contributed by atoms with Crippen LogP contribution in [0.4, 0.5) is 34.1 Å². The molecule has 1 spiro atoms. The molecule has 0 unspecified atom stereocenters. The van der Waals surface area contributed by atoms with E-state index in [0.717, 1.165) is 34.1 Å². The number of nitrogens with zero attached hydrogens (tertiary/aromatic N) is 2. The molecule has 0 N–H and O–H groups in total. The van der Waals surface area contributed by atoms with Crippen molar-refractivity contribution < 1.29 is 0 Å². The van der Waals surface area contributed by atoms with Gasteiger partial charge in [-0.25, -0.2) is 0 Å². The lowest BCUT2D eigenvalue weighted by atomic mass is 9.70. The van der Waals surface area contributed by atoms with E-state index >= 15 is 0 Å². The van der Waals surface area contributed by atoms with E-state index in [1.54, 1.807) is 0 Å². The highest BCUT2D eigenvalue weighted by Gasteiger charge is 2.51. The van der Waals surface area contributed by atoms with Gasteiger partial charge in [0.15, 0.2) is 0 Å². The standard InChI is InChI=1S/C61H46N2/c1-39-27-40(2)30-51(29-39)62(47-15-7-5-8-16-47)49-25-23-43-35-55-56-36-44-24-26-50(63(48-17-9-6-10-18-48)52-31-41(3)28-42(4)32-52)34-46(44)38-60(56)61(59(55)37-45(43)33-49)57-21-13-11-19-53(57)54-20-12-14-22-58(54)61/h5-38H,1-4H3. The normalized spacial score (nSPS) is 12.9. The smallest absolute Gasteiger partial charge is 0.0725 e. The highest BCUT2D eigenvalue weighted by atomic mass is 15.1. The van der Waals surface area contributed by atoms with Crippen LogP contribution < -0.4 is 9.80 Å². The summed E-state index contributed by atoms with van der Waals surface area (Å²) in [7, 11) is 0. The molecular weight excluding hydrogens is 761 g/mol. The Morgan fingerprint density at radius 3 is 1.05 bits per heavy atom. The minimum absolute atomic E-state index is 0.494. The van der Waals surface area contributed by atoms with Gasteiger partial charge in [0.2, 0.25) is 0 Å². The van der Waals surface area contributed by atoms with Crippen molar-refractivity contribution in [1.82, 2.24) is 0 Å². The van der Waals surface area contributed by atoms with Crippen LogP contribution in [-0.4, -0.2) is 0 Å². The predicted octanol–water partition coefficient (Wildman–Crippen LogP) is 16.5. The molecule has 2 aliphatic rings. The lowest BCUT2D eigenvalue weighted by Gasteiger charge is -2.31. The Morgan fingerprint density at radius 2 is 0.635 bits per heavy atom. The number of hydrogen-bond acceptors (Lipinski definition) is 2.